The van der Waals surface area contributed by atoms with Crippen LogP contribution in [-0.4, -0.2) is 0 Å². The van der Waals surface area contributed by atoms with Crippen molar-refractivity contribution in [1.29, 1.82) is 0 Å². The predicted octanol–water partition coefficient (Wildman–Crippen LogP) is 5.08. The van der Waals surface area contributed by atoms with Crippen LogP contribution in [0.25, 0.3) is 43.8 Å². The number of rotatable bonds is 0. The van der Waals surface area contributed by atoms with Gasteiger partial charge in [0.1, 0.15) is 0 Å². The summed E-state index contributed by atoms with van der Waals surface area (Å²) in [5.74, 6) is 0. The molecule has 0 aliphatic heterocycles. The quantitative estimate of drug-likeness (QED) is 0.345. The Morgan fingerprint density at radius 1 is 0.556 bits per heavy atom. The van der Waals surface area contributed by atoms with Crippen molar-refractivity contribution in [3.05, 3.63) is 60.7 Å². The highest BCUT2D eigenvalue weighted by atomic mass is 14.2. The summed E-state index contributed by atoms with van der Waals surface area (Å²) in [5.41, 5.74) is 5.55. The molecular formula is C18H10. The number of fused-ring (bicyclic) bond motifs is 4. The van der Waals surface area contributed by atoms with Crippen molar-refractivity contribution in [3.8, 4) is 22.3 Å². The fourth-order valence-electron chi connectivity index (χ4n) is 3.35. The highest BCUT2D eigenvalue weighted by Gasteiger charge is 2.21. The lowest BCUT2D eigenvalue weighted by Crippen LogP contribution is -1.80. The lowest BCUT2D eigenvalue weighted by Gasteiger charge is -2.07. The molecule has 0 amide bonds. The molecule has 4 aromatic rings. The Bertz CT molecular complexity index is 916. The van der Waals surface area contributed by atoms with Gasteiger partial charge in [0.05, 0.1) is 0 Å². The Balaban J connectivity index is 2.16. The fraction of sp³-hybridized carbons (Fsp3) is 0. The molecule has 0 N–H and O–H groups in total. The van der Waals surface area contributed by atoms with Gasteiger partial charge in [0.15, 0.2) is 0 Å². The predicted molar refractivity (Wildman–Crippen MR) is 77.1 cm³/mol. The van der Waals surface area contributed by atoms with Crippen LogP contribution in [0.15, 0.2) is 60.7 Å². The molecule has 82 valence electrons. The van der Waals surface area contributed by atoms with Gasteiger partial charge in [0.25, 0.3) is 0 Å². The summed E-state index contributed by atoms with van der Waals surface area (Å²) in [5, 5.41) is 5.50. The second kappa shape index (κ2) is 2.73. The van der Waals surface area contributed by atoms with Crippen molar-refractivity contribution in [3.63, 3.8) is 0 Å². The van der Waals surface area contributed by atoms with Crippen LogP contribution < -0.4 is 0 Å². The van der Waals surface area contributed by atoms with Crippen molar-refractivity contribution in [2.45, 2.75) is 0 Å². The summed E-state index contributed by atoms with van der Waals surface area (Å²) in [4.78, 5) is 0. The zero-order valence-corrected chi connectivity index (χ0v) is 9.77. The van der Waals surface area contributed by atoms with E-state index >= 15 is 0 Å². The van der Waals surface area contributed by atoms with Crippen molar-refractivity contribution in [2.75, 3.05) is 0 Å². The van der Waals surface area contributed by atoms with Gasteiger partial charge in [-0.3, -0.25) is 0 Å². The molecule has 18 heavy (non-hydrogen) atoms. The first-order valence-electron chi connectivity index (χ1n) is 6.30. The van der Waals surface area contributed by atoms with E-state index in [0.717, 1.165) is 0 Å². The summed E-state index contributed by atoms with van der Waals surface area (Å²) in [6.45, 7) is 0. The van der Waals surface area contributed by atoms with Crippen LogP contribution in [0, 0.1) is 0 Å². The van der Waals surface area contributed by atoms with Crippen LogP contribution in [-0.2, 0) is 0 Å². The molecule has 0 spiro atoms. The minimum absolute atomic E-state index is 1.32. The number of hydrogen-bond acceptors (Lipinski definition) is 0. The van der Waals surface area contributed by atoms with Crippen LogP contribution in [0.2, 0.25) is 0 Å². The molecule has 0 heterocycles. The van der Waals surface area contributed by atoms with Gasteiger partial charge in [-0.15, -0.1) is 0 Å². The van der Waals surface area contributed by atoms with Gasteiger partial charge in [0.2, 0.25) is 0 Å². The topological polar surface area (TPSA) is 0 Å². The van der Waals surface area contributed by atoms with E-state index in [0.29, 0.717) is 0 Å². The molecule has 4 aromatic carbocycles. The van der Waals surface area contributed by atoms with Gasteiger partial charge >= 0.3 is 0 Å². The Morgan fingerprint density at radius 2 is 1.33 bits per heavy atom. The molecule has 2 bridgehead atoms. The van der Waals surface area contributed by atoms with Crippen LogP contribution in [0.1, 0.15) is 0 Å². The second-order valence-corrected chi connectivity index (χ2v) is 5.07. The van der Waals surface area contributed by atoms with Crippen molar-refractivity contribution in [2.24, 2.45) is 0 Å². The van der Waals surface area contributed by atoms with Gasteiger partial charge in [0, 0.05) is 0 Å². The van der Waals surface area contributed by atoms with Crippen molar-refractivity contribution >= 4 is 21.5 Å². The van der Waals surface area contributed by atoms with E-state index < -0.39 is 0 Å². The molecule has 0 atom stereocenters. The van der Waals surface area contributed by atoms with Crippen LogP contribution >= 0.6 is 0 Å². The molecule has 5 rings (SSSR count). The third-order valence-electron chi connectivity index (χ3n) is 4.13. The van der Waals surface area contributed by atoms with E-state index in [1.165, 1.54) is 43.8 Å². The Morgan fingerprint density at radius 3 is 2.22 bits per heavy atom. The molecule has 0 radical (unpaired) electrons. The van der Waals surface area contributed by atoms with Crippen LogP contribution in [0.3, 0.4) is 0 Å². The normalized spacial score (nSPS) is 12.4. The molecular weight excluding hydrogens is 216 g/mol. The van der Waals surface area contributed by atoms with Crippen molar-refractivity contribution < 1.29 is 0 Å². The zero-order chi connectivity index (χ0) is 11.7. The molecule has 0 unspecified atom stereocenters. The fourth-order valence-corrected chi connectivity index (χ4v) is 3.35. The first-order chi connectivity index (χ1) is 8.92. The minimum Gasteiger partial charge on any atom is -0.0616 e. The first kappa shape index (κ1) is 8.71. The van der Waals surface area contributed by atoms with Crippen molar-refractivity contribution in [1.82, 2.24) is 0 Å². The average molecular weight is 226 g/mol. The highest BCUT2D eigenvalue weighted by molar-refractivity contribution is 6.21. The molecule has 0 heteroatoms. The van der Waals surface area contributed by atoms with Crippen LogP contribution in [0.5, 0.6) is 0 Å². The molecule has 1 aliphatic rings. The largest absolute Gasteiger partial charge is 0.0616 e. The molecule has 0 aromatic heterocycles. The average Bonchev–Trinajstić information content (AvgIpc) is 2.74. The maximum atomic E-state index is 2.32. The third-order valence-corrected chi connectivity index (χ3v) is 4.13. The Hall–Kier alpha value is -2.34. The van der Waals surface area contributed by atoms with E-state index in [2.05, 4.69) is 60.7 Å². The van der Waals surface area contributed by atoms with E-state index in [9.17, 15) is 0 Å². The summed E-state index contributed by atoms with van der Waals surface area (Å²) >= 11 is 0. The van der Waals surface area contributed by atoms with Gasteiger partial charge in [-0.2, -0.15) is 0 Å². The standard InChI is InChI=1S/C18H10/c1-2-4-14-13(3-1)15-8-7-12-6-5-11-9-16(12)18(15)17(14)10-11/h1-10H. The lowest BCUT2D eigenvalue weighted by molar-refractivity contribution is 1.70. The summed E-state index contributed by atoms with van der Waals surface area (Å²) in [6, 6.07) is 22.3. The SMILES string of the molecule is c1ccc2c(c1)-c1ccc3ccc4cc-2c1c3c4. The number of benzene rings is 4. The minimum atomic E-state index is 1.32. The summed E-state index contributed by atoms with van der Waals surface area (Å²) in [6.07, 6.45) is 0. The third kappa shape index (κ3) is 0.853. The van der Waals surface area contributed by atoms with Gasteiger partial charge in [-0.05, 0) is 55.9 Å². The smallest absolute Gasteiger partial charge is 0.00199 e. The molecule has 0 fully saturated rings. The number of hydrogen-bond donors (Lipinski definition) is 0. The monoisotopic (exact) mass is 226 g/mol. The van der Waals surface area contributed by atoms with E-state index in [1.807, 2.05) is 0 Å². The summed E-state index contributed by atoms with van der Waals surface area (Å²) in [7, 11) is 0. The zero-order valence-electron chi connectivity index (χ0n) is 9.77. The molecule has 0 saturated carbocycles. The lowest BCUT2D eigenvalue weighted by atomic mass is 9.96. The van der Waals surface area contributed by atoms with Gasteiger partial charge in [-0.1, -0.05) is 48.5 Å². The van der Waals surface area contributed by atoms with E-state index in [1.54, 1.807) is 0 Å². The summed E-state index contributed by atoms with van der Waals surface area (Å²) < 4.78 is 0. The van der Waals surface area contributed by atoms with E-state index in [-0.39, 0.29) is 0 Å². The molecule has 0 saturated heterocycles. The van der Waals surface area contributed by atoms with E-state index in [4.69, 9.17) is 0 Å². The first-order valence-corrected chi connectivity index (χ1v) is 6.30. The maximum Gasteiger partial charge on any atom is -0.00199 e. The van der Waals surface area contributed by atoms with Gasteiger partial charge < -0.3 is 0 Å². The maximum absolute atomic E-state index is 2.32. The Kier molecular flexibility index (Phi) is 1.32. The van der Waals surface area contributed by atoms with Gasteiger partial charge in [-0.25, -0.2) is 0 Å². The molecule has 1 aliphatic carbocycles. The highest BCUT2D eigenvalue weighted by Crippen LogP contribution is 2.48. The second-order valence-electron chi connectivity index (χ2n) is 5.07. The molecule has 0 nitrogen and oxygen atoms in total. The Labute approximate surface area is 105 Å². The van der Waals surface area contributed by atoms with Crippen LogP contribution in [0.4, 0.5) is 0 Å².